The van der Waals surface area contributed by atoms with Crippen LogP contribution in [-0.2, 0) is 13.1 Å². The van der Waals surface area contributed by atoms with Gasteiger partial charge in [0.2, 0.25) is 0 Å². The first-order chi connectivity index (χ1) is 14.0. The van der Waals surface area contributed by atoms with E-state index in [9.17, 15) is 9.90 Å². The van der Waals surface area contributed by atoms with Crippen molar-refractivity contribution in [1.29, 1.82) is 0 Å². The monoisotopic (exact) mass is 396 g/mol. The van der Waals surface area contributed by atoms with E-state index >= 15 is 0 Å². The molecule has 1 aliphatic carbocycles. The number of ether oxygens (including phenoxy) is 1. The molecule has 0 amide bonds. The van der Waals surface area contributed by atoms with Gasteiger partial charge in [-0.15, -0.1) is 0 Å². The molecule has 0 fully saturated rings. The molecule has 1 aromatic heterocycles. The molecular weight excluding hydrogens is 364 g/mol. The van der Waals surface area contributed by atoms with Gasteiger partial charge >= 0.3 is 5.97 Å². The van der Waals surface area contributed by atoms with Crippen LogP contribution < -0.4 is 10.1 Å². The Morgan fingerprint density at radius 1 is 1.24 bits per heavy atom. The molecule has 5 nitrogen and oxygen atoms in total. The normalized spacial score (nSPS) is 14.0. The average molecular weight is 397 g/mol. The van der Waals surface area contributed by atoms with Crippen molar-refractivity contribution in [3.05, 3.63) is 64.0 Å². The number of rotatable bonds is 9. The van der Waals surface area contributed by atoms with Crippen LogP contribution in [-0.4, -0.2) is 29.3 Å². The maximum absolute atomic E-state index is 12.0. The highest BCUT2D eigenvalue weighted by Gasteiger charge is 2.22. The van der Waals surface area contributed by atoms with Crippen LogP contribution in [0.15, 0.2) is 35.9 Å². The second-order valence-electron chi connectivity index (χ2n) is 7.80. The standard InChI is InChI=1S/C24H32N2O3/c1-17-22(15-25-13-12-19-8-5-4-6-9-19)23(24(27)28)18(2)26(17)16-20-10-7-11-21(14-20)29-3/h7-8,10-11,14,25H,4-6,9,12-13,15-16H2,1-3H3,(H,27,28). The molecule has 0 aliphatic heterocycles. The van der Waals surface area contributed by atoms with Crippen LogP contribution in [0.1, 0.15) is 65.0 Å². The van der Waals surface area contributed by atoms with Gasteiger partial charge in [-0.1, -0.05) is 23.8 Å². The Morgan fingerprint density at radius 2 is 2.07 bits per heavy atom. The molecule has 0 unspecified atom stereocenters. The lowest BCUT2D eigenvalue weighted by atomic mass is 9.97. The fourth-order valence-electron chi connectivity index (χ4n) is 4.23. The number of hydrogen-bond acceptors (Lipinski definition) is 3. The van der Waals surface area contributed by atoms with Crippen LogP contribution >= 0.6 is 0 Å². The van der Waals surface area contributed by atoms with Crippen molar-refractivity contribution in [2.24, 2.45) is 0 Å². The Bertz CT molecular complexity index is 896. The van der Waals surface area contributed by atoms with E-state index in [0.29, 0.717) is 18.7 Å². The predicted molar refractivity (Wildman–Crippen MR) is 116 cm³/mol. The number of hydrogen-bond donors (Lipinski definition) is 2. The zero-order chi connectivity index (χ0) is 20.8. The lowest BCUT2D eigenvalue weighted by Gasteiger charge is -2.13. The number of carboxylic acids is 1. The molecule has 3 rings (SSSR count). The predicted octanol–water partition coefficient (Wildman–Crippen LogP) is 4.84. The molecule has 0 radical (unpaired) electrons. The summed E-state index contributed by atoms with van der Waals surface area (Å²) in [4.78, 5) is 12.0. The molecule has 0 bridgehead atoms. The number of allylic oxidation sites excluding steroid dienone is 1. The SMILES string of the molecule is COc1cccc(Cn2c(C)c(CNCCC3=CCCCC3)c(C(=O)O)c2C)c1. The summed E-state index contributed by atoms with van der Waals surface area (Å²) in [5.41, 5.74) is 5.74. The Morgan fingerprint density at radius 3 is 2.76 bits per heavy atom. The smallest absolute Gasteiger partial charge is 0.337 e. The summed E-state index contributed by atoms with van der Waals surface area (Å²) in [5, 5.41) is 13.3. The molecule has 0 saturated carbocycles. The number of nitrogens with zero attached hydrogens (tertiary/aromatic N) is 1. The van der Waals surface area contributed by atoms with Crippen molar-refractivity contribution >= 4 is 5.97 Å². The molecule has 29 heavy (non-hydrogen) atoms. The number of benzene rings is 1. The summed E-state index contributed by atoms with van der Waals surface area (Å²) in [6.07, 6.45) is 8.42. The van der Waals surface area contributed by atoms with E-state index in [-0.39, 0.29) is 0 Å². The largest absolute Gasteiger partial charge is 0.497 e. The van der Waals surface area contributed by atoms with Crippen molar-refractivity contribution in [2.45, 2.75) is 59.0 Å². The van der Waals surface area contributed by atoms with Gasteiger partial charge in [0.15, 0.2) is 0 Å². The van der Waals surface area contributed by atoms with Gasteiger partial charge in [0.25, 0.3) is 0 Å². The number of aromatic nitrogens is 1. The fraction of sp³-hybridized carbons (Fsp3) is 0.458. The first-order valence-electron chi connectivity index (χ1n) is 10.4. The third kappa shape index (κ3) is 5.10. The van der Waals surface area contributed by atoms with E-state index in [1.54, 1.807) is 7.11 Å². The quantitative estimate of drug-likeness (QED) is 0.470. The zero-order valence-corrected chi connectivity index (χ0v) is 17.8. The van der Waals surface area contributed by atoms with E-state index in [0.717, 1.165) is 41.2 Å². The highest BCUT2D eigenvalue weighted by atomic mass is 16.5. The molecule has 2 N–H and O–H groups in total. The Kier molecular flexibility index (Phi) is 7.15. The maximum Gasteiger partial charge on any atom is 0.337 e. The minimum Gasteiger partial charge on any atom is -0.497 e. The number of carboxylic acid groups (broad SMARTS) is 1. The van der Waals surface area contributed by atoms with Gasteiger partial charge in [0.05, 0.1) is 12.7 Å². The highest BCUT2D eigenvalue weighted by molar-refractivity contribution is 5.91. The molecule has 5 heteroatoms. The fourth-order valence-corrected chi connectivity index (χ4v) is 4.23. The van der Waals surface area contributed by atoms with Gasteiger partial charge in [0.1, 0.15) is 5.75 Å². The molecule has 1 aliphatic rings. The van der Waals surface area contributed by atoms with Crippen molar-refractivity contribution in [3.63, 3.8) is 0 Å². The van der Waals surface area contributed by atoms with Crippen LogP contribution in [0, 0.1) is 13.8 Å². The summed E-state index contributed by atoms with van der Waals surface area (Å²) >= 11 is 0. The molecule has 1 heterocycles. The molecule has 0 atom stereocenters. The number of aromatic carboxylic acids is 1. The number of carbonyl (C=O) groups is 1. The van der Waals surface area contributed by atoms with Gasteiger partial charge in [-0.05, 0) is 70.2 Å². The molecule has 2 aromatic rings. The lowest BCUT2D eigenvalue weighted by molar-refractivity contribution is 0.0694. The van der Waals surface area contributed by atoms with E-state index in [4.69, 9.17) is 4.74 Å². The second kappa shape index (κ2) is 9.79. The molecular formula is C24H32N2O3. The van der Waals surface area contributed by atoms with Gasteiger partial charge < -0.3 is 19.7 Å². The maximum atomic E-state index is 12.0. The minimum atomic E-state index is -0.859. The average Bonchev–Trinajstić information content (AvgIpc) is 2.96. The first kappa shape index (κ1) is 21.2. The van der Waals surface area contributed by atoms with Crippen molar-refractivity contribution in [2.75, 3.05) is 13.7 Å². The Balaban J connectivity index is 1.74. The van der Waals surface area contributed by atoms with Crippen LogP contribution in [0.4, 0.5) is 0 Å². The summed E-state index contributed by atoms with van der Waals surface area (Å²) in [7, 11) is 1.65. The van der Waals surface area contributed by atoms with Crippen molar-refractivity contribution < 1.29 is 14.6 Å². The molecule has 0 spiro atoms. The molecule has 156 valence electrons. The van der Waals surface area contributed by atoms with Crippen LogP contribution in [0.2, 0.25) is 0 Å². The van der Waals surface area contributed by atoms with E-state index in [2.05, 4.69) is 16.0 Å². The van der Waals surface area contributed by atoms with Crippen LogP contribution in [0.3, 0.4) is 0 Å². The molecule has 0 saturated heterocycles. The van der Waals surface area contributed by atoms with E-state index < -0.39 is 5.97 Å². The topological polar surface area (TPSA) is 63.5 Å². The van der Waals surface area contributed by atoms with Crippen molar-refractivity contribution in [3.8, 4) is 5.75 Å². The van der Waals surface area contributed by atoms with Gasteiger partial charge in [0, 0.05) is 30.0 Å². The molecule has 1 aromatic carbocycles. The second-order valence-corrected chi connectivity index (χ2v) is 7.80. The van der Waals surface area contributed by atoms with Crippen LogP contribution in [0.5, 0.6) is 5.75 Å². The Hall–Kier alpha value is -2.53. The van der Waals surface area contributed by atoms with Crippen molar-refractivity contribution in [1.82, 2.24) is 9.88 Å². The van der Waals surface area contributed by atoms with E-state index in [1.807, 2.05) is 38.1 Å². The van der Waals surface area contributed by atoms with Gasteiger partial charge in [-0.2, -0.15) is 0 Å². The zero-order valence-electron chi connectivity index (χ0n) is 17.8. The first-order valence-corrected chi connectivity index (χ1v) is 10.4. The number of nitrogens with one attached hydrogen (secondary N) is 1. The third-order valence-electron chi connectivity index (χ3n) is 5.91. The summed E-state index contributed by atoms with van der Waals surface area (Å²) in [6, 6.07) is 7.91. The van der Waals surface area contributed by atoms with Crippen LogP contribution in [0.25, 0.3) is 0 Å². The third-order valence-corrected chi connectivity index (χ3v) is 5.91. The minimum absolute atomic E-state index is 0.426. The summed E-state index contributed by atoms with van der Waals surface area (Å²) in [6.45, 7) is 5.99. The summed E-state index contributed by atoms with van der Waals surface area (Å²) < 4.78 is 7.41. The Labute approximate surface area is 173 Å². The van der Waals surface area contributed by atoms with Gasteiger partial charge in [-0.25, -0.2) is 4.79 Å². The van der Waals surface area contributed by atoms with Gasteiger partial charge in [-0.3, -0.25) is 0 Å². The van der Waals surface area contributed by atoms with E-state index in [1.165, 1.54) is 31.3 Å². The lowest BCUT2D eigenvalue weighted by Crippen LogP contribution is -2.18. The number of methoxy groups -OCH3 is 1. The summed E-state index contributed by atoms with van der Waals surface area (Å²) in [5.74, 6) is -0.0518. The highest BCUT2D eigenvalue weighted by Crippen LogP contribution is 2.25.